The fourth-order valence-electron chi connectivity index (χ4n) is 2.48. The molecule has 6 heteroatoms. The van der Waals surface area contributed by atoms with Crippen LogP contribution >= 0.6 is 0 Å². The predicted octanol–water partition coefficient (Wildman–Crippen LogP) is 0.807. The van der Waals surface area contributed by atoms with Crippen LogP contribution in [-0.2, 0) is 16.1 Å². The van der Waals surface area contributed by atoms with Gasteiger partial charge in [0.2, 0.25) is 5.91 Å². The average Bonchev–Trinajstić information content (AvgIpc) is 2.90. The van der Waals surface area contributed by atoms with Crippen LogP contribution in [0, 0.1) is 6.92 Å². The molecule has 1 aliphatic rings. The maximum atomic E-state index is 12.2. The lowest BCUT2D eigenvalue weighted by Crippen LogP contribution is -2.49. The lowest BCUT2D eigenvalue weighted by molar-refractivity contribution is -0.138. The van der Waals surface area contributed by atoms with Crippen molar-refractivity contribution in [3.05, 3.63) is 18.0 Å². The lowest BCUT2D eigenvalue weighted by Gasteiger charge is -2.32. The molecule has 1 aromatic rings. The summed E-state index contributed by atoms with van der Waals surface area (Å²) in [5.74, 6) is 0.153. The van der Waals surface area contributed by atoms with Crippen LogP contribution in [0.5, 0.6) is 0 Å². The van der Waals surface area contributed by atoms with Crippen molar-refractivity contribution >= 4 is 5.91 Å². The van der Waals surface area contributed by atoms with Crippen LogP contribution in [0.15, 0.2) is 12.4 Å². The third-order valence-electron chi connectivity index (χ3n) is 3.77. The zero-order valence-corrected chi connectivity index (χ0v) is 13.2. The zero-order valence-electron chi connectivity index (χ0n) is 13.2. The van der Waals surface area contributed by atoms with Crippen molar-refractivity contribution in [2.45, 2.75) is 45.9 Å². The van der Waals surface area contributed by atoms with E-state index < -0.39 is 0 Å². The maximum Gasteiger partial charge on any atom is 0.236 e. The molecule has 0 radical (unpaired) electrons. The molecule has 0 saturated carbocycles. The third kappa shape index (κ3) is 4.82. The van der Waals surface area contributed by atoms with Gasteiger partial charge in [-0.2, -0.15) is 5.10 Å². The summed E-state index contributed by atoms with van der Waals surface area (Å²) in [5, 5.41) is 7.54. The van der Waals surface area contributed by atoms with Gasteiger partial charge in [0.15, 0.2) is 0 Å². The van der Waals surface area contributed by atoms with Crippen LogP contribution in [0.4, 0.5) is 0 Å². The smallest absolute Gasteiger partial charge is 0.236 e. The quantitative estimate of drug-likeness (QED) is 0.843. The van der Waals surface area contributed by atoms with E-state index >= 15 is 0 Å². The van der Waals surface area contributed by atoms with E-state index in [0.717, 1.165) is 18.5 Å². The highest BCUT2D eigenvalue weighted by atomic mass is 16.5. The second-order valence-corrected chi connectivity index (χ2v) is 5.76. The van der Waals surface area contributed by atoms with Gasteiger partial charge in [-0.15, -0.1) is 0 Å². The molecule has 1 aromatic heterocycles. The number of carbonyl (C=O) groups excluding carboxylic acids is 1. The summed E-state index contributed by atoms with van der Waals surface area (Å²) >= 11 is 0. The van der Waals surface area contributed by atoms with Gasteiger partial charge in [0.25, 0.3) is 0 Å². The molecule has 1 amide bonds. The van der Waals surface area contributed by atoms with Gasteiger partial charge in [0.1, 0.15) is 0 Å². The van der Waals surface area contributed by atoms with Crippen molar-refractivity contribution < 1.29 is 9.53 Å². The van der Waals surface area contributed by atoms with Crippen LogP contribution in [0.3, 0.4) is 0 Å². The van der Waals surface area contributed by atoms with Crippen LogP contribution in [0.2, 0.25) is 0 Å². The highest BCUT2D eigenvalue weighted by molar-refractivity contribution is 5.78. The molecule has 2 atom stereocenters. The van der Waals surface area contributed by atoms with Crippen LogP contribution in [0.1, 0.15) is 25.8 Å². The molecule has 0 spiro atoms. The Morgan fingerprint density at radius 2 is 2.43 bits per heavy atom. The summed E-state index contributed by atoms with van der Waals surface area (Å²) in [6.07, 6.45) is 4.99. The highest BCUT2D eigenvalue weighted by Crippen LogP contribution is 2.08. The summed E-state index contributed by atoms with van der Waals surface area (Å²) in [7, 11) is 0. The molecule has 6 nitrogen and oxygen atoms in total. The van der Waals surface area contributed by atoms with Gasteiger partial charge in [0.05, 0.1) is 32.0 Å². The predicted molar refractivity (Wildman–Crippen MR) is 81.0 cm³/mol. The number of aryl methyl sites for hydroxylation is 1. The highest BCUT2D eigenvalue weighted by Gasteiger charge is 2.22. The van der Waals surface area contributed by atoms with Gasteiger partial charge < -0.3 is 15.0 Å². The van der Waals surface area contributed by atoms with Gasteiger partial charge in [-0.1, -0.05) is 6.92 Å². The lowest BCUT2D eigenvalue weighted by atomic mass is 10.2. The van der Waals surface area contributed by atoms with Crippen molar-refractivity contribution in [2.75, 3.05) is 26.2 Å². The number of carbonyl (C=O) groups is 1. The van der Waals surface area contributed by atoms with Gasteiger partial charge in [-0.05, 0) is 25.8 Å². The third-order valence-corrected chi connectivity index (χ3v) is 3.77. The monoisotopic (exact) mass is 294 g/mol. The number of nitrogens with one attached hydrogen (secondary N) is 1. The fourth-order valence-corrected chi connectivity index (χ4v) is 2.48. The summed E-state index contributed by atoms with van der Waals surface area (Å²) in [6.45, 7) is 9.37. The summed E-state index contributed by atoms with van der Waals surface area (Å²) in [5.41, 5.74) is 1.15. The van der Waals surface area contributed by atoms with Gasteiger partial charge >= 0.3 is 0 Å². The number of rotatable bonds is 6. The minimum atomic E-state index is 0.153. The van der Waals surface area contributed by atoms with E-state index in [1.54, 1.807) is 0 Å². The number of hydrogen-bond donors (Lipinski definition) is 1. The van der Waals surface area contributed by atoms with Crippen LogP contribution in [-0.4, -0.2) is 59.0 Å². The minimum Gasteiger partial charge on any atom is -0.375 e. The first-order valence-corrected chi connectivity index (χ1v) is 7.70. The first kappa shape index (κ1) is 16.0. The molecule has 21 heavy (non-hydrogen) atoms. The van der Waals surface area contributed by atoms with Gasteiger partial charge in [-0.3, -0.25) is 9.48 Å². The number of ether oxygens (including phenoxy) is 1. The maximum absolute atomic E-state index is 12.2. The Morgan fingerprint density at radius 1 is 1.62 bits per heavy atom. The number of morpholine rings is 1. The van der Waals surface area contributed by atoms with E-state index in [9.17, 15) is 4.79 Å². The summed E-state index contributed by atoms with van der Waals surface area (Å²) in [4.78, 5) is 14.1. The van der Waals surface area contributed by atoms with Crippen molar-refractivity contribution in [3.63, 3.8) is 0 Å². The second-order valence-electron chi connectivity index (χ2n) is 5.76. The molecule has 1 aliphatic heterocycles. The molecule has 0 unspecified atom stereocenters. The van der Waals surface area contributed by atoms with E-state index in [1.165, 1.54) is 0 Å². The Kier molecular flexibility index (Phi) is 5.76. The van der Waals surface area contributed by atoms with Gasteiger partial charge in [0, 0.05) is 25.3 Å². The molecule has 0 aliphatic carbocycles. The molecule has 0 bridgehead atoms. The molecular formula is C15H26N4O2. The summed E-state index contributed by atoms with van der Waals surface area (Å²) < 4.78 is 7.49. The fraction of sp³-hybridized carbons (Fsp3) is 0.733. The van der Waals surface area contributed by atoms with E-state index in [0.29, 0.717) is 26.2 Å². The molecule has 1 fully saturated rings. The Hall–Kier alpha value is -1.40. The molecule has 2 heterocycles. The number of hydrogen-bond acceptors (Lipinski definition) is 4. The molecule has 1 saturated heterocycles. The number of nitrogens with zero attached hydrogens (tertiary/aromatic N) is 3. The van der Waals surface area contributed by atoms with Crippen molar-refractivity contribution in [1.29, 1.82) is 0 Å². The van der Waals surface area contributed by atoms with E-state index in [-0.39, 0.29) is 18.1 Å². The van der Waals surface area contributed by atoms with Crippen LogP contribution < -0.4 is 5.32 Å². The molecule has 118 valence electrons. The first-order chi connectivity index (χ1) is 10.1. The zero-order chi connectivity index (χ0) is 15.2. The van der Waals surface area contributed by atoms with Crippen molar-refractivity contribution in [3.8, 4) is 0 Å². The second kappa shape index (κ2) is 7.56. The Labute approximate surface area is 126 Å². The topological polar surface area (TPSA) is 59.4 Å². The molecule has 2 rings (SSSR count). The van der Waals surface area contributed by atoms with E-state index in [2.05, 4.69) is 24.3 Å². The SMILES string of the molecule is CC[C@H]1CN(C(=O)CN[C@H](C)Cn2cc(C)cn2)CCO1. The average molecular weight is 294 g/mol. The van der Waals surface area contributed by atoms with E-state index in [1.807, 2.05) is 28.9 Å². The van der Waals surface area contributed by atoms with Crippen molar-refractivity contribution in [2.24, 2.45) is 0 Å². The van der Waals surface area contributed by atoms with Crippen molar-refractivity contribution in [1.82, 2.24) is 20.0 Å². The molecule has 0 aromatic carbocycles. The number of amides is 1. The van der Waals surface area contributed by atoms with Crippen LogP contribution in [0.25, 0.3) is 0 Å². The standard InChI is InChI=1S/C15H26N4O2/c1-4-14-11-18(5-6-21-14)15(20)8-16-13(3)10-19-9-12(2)7-17-19/h7,9,13-14,16H,4-6,8,10-11H2,1-3H3/t13-,14+/m1/s1. The normalized spacial score (nSPS) is 20.5. The number of aromatic nitrogens is 2. The Morgan fingerprint density at radius 3 is 3.10 bits per heavy atom. The Balaban J connectivity index is 1.72. The largest absolute Gasteiger partial charge is 0.375 e. The minimum absolute atomic E-state index is 0.153. The molecule has 1 N–H and O–H groups in total. The van der Waals surface area contributed by atoms with Gasteiger partial charge in [-0.25, -0.2) is 0 Å². The first-order valence-electron chi connectivity index (χ1n) is 7.70. The summed E-state index contributed by atoms with van der Waals surface area (Å²) in [6, 6.07) is 0.205. The van der Waals surface area contributed by atoms with E-state index in [4.69, 9.17) is 4.74 Å². The molecular weight excluding hydrogens is 268 g/mol. The Bertz CT molecular complexity index is 460.